The summed E-state index contributed by atoms with van der Waals surface area (Å²) in [6, 6.07) is 13.7. The van der Waals surface area contributed by atoms with Gasteiger partial charge in [-0.2, -0.15) is 0 Å². The van der Waals surface area contributed by atoms with E-state index >= 15 is 0 Å². The molecule has 0 saturated carbocycles. The van der Waals surface area contributed by atoms with Crippen molar-refractivity contribution in [3.8, 4) is 11.4 Å². The zero-order valence-electron chi connectivity index (χ0n) is 18.4. The van der Waals surface area contributed by atoms with Crippen LogP contribution in [0.2, 0.25) is 0 Å². The van der Waals surface area contributed by atoms with E-state index in [1.807, 2.05) is 18.2 Å². The Kier molecular flexibility index (Phi) is 6.73. The van der Waals surface area contributed by atoms with Gasteiger partial charge in [-0.05, 0) is 38.1 Å². The van der Waals surface area contributed by atoms with Gasteiger partial charge in [-0.15, -0.1) is 0 Å². The molecule has 0 spiro atoms. The van der Waals surface area contributed by atoms with Gasteiger partial charge in [0.25, 0.3) is 5.56 Å². The molecule has 2 N–H and O–H groups in total. The Hall–Kier alpha value is -3.53. The zero-order chi connectivity index (χ0) is 23.5. The van der Waals surface area contributed by atoms with Crippen LogP contribution >= 0.6 is 0 Å². The van der Waals surface area contributed by atoms with Crippen molar-refractivity contribution in [3.05, 3.63) is 64.6 Å². The Morgan fingerprint density at radius 1 is 1.12 bits per heavy atom. The van der Waals surface area contributed by atoms with Gasteiger partial charge in [-0.25, -0.2) is 13.1 Å². The van der Waals surface area contributed by atoms with Gasteiger partial charge in [-0.3, -0.25) is 14.3 Å². The van der Waals surface area contributed by atoms with Gasteiger partial charge >= 0.3 is 0 Å². The van der Waals surface area contributed by atoms with Gasteiger partial charge in [0.15, 0.2) is 9.84 Å². The molecule has 9 nitrogen and oxygen atoms in total. The van der Waals surface area contributed by atoms with Crippen molar-refractivity contribution in [2.75, 3.05) is 30.0 Å². The number of hydrogen-bond acceptors (Lipinski definition) is 6. The second-order valence-electron chi connectivity index (χ2n) is 7.20. The second-order valence-corrected chi connectivity index (χ2v) is 9.19. The predicted molar refractivity (Wildman–Crippen MR) is 124 cm³/mol. The highest BCUT2D eigenvalue weighted by Gasteiger charge is 2.19. The molecule has 170 valence electrons. The summed E-state index contributed by atoms with van der Waals surface area (Å²) in [6.07, 6.45) is 1.09. The lowest BCUT2D eigenvalue weighted by Gasteiger charge is -2.13. The highest BCUT2D eigenvalue weighted by Crippen LogP contribution is 2.26. The molecular formula is C22H26N4O5S. The van der Waals surface area contributed by atoms with Crippen LogP contribution in [0.4, 0.5) is 11.4 Å². The van der Waals surface area contributed by atoms with E-state index in [9.17, 15) is 18.0 Å². The first-order valence-corrected chi connectivity index (χ1v) is 11.9. The van der Waals surface area contributed by atoms with Gasteiger partial charge < -0.3 is 15.4 Å². The summed E-state index contributed by atoms with van der Waals surface area (Å²) in [5.41, 5.74) is 1.34. The fourth-order valence-electron chi connectivity index (χ4n) is 3.28. The molecule has 2 aromatic carbocycles. The first kappa shape index (κ1) is 23.1. The summed E-state index contributed by atoms with van der Waals surface area (Å²) in [5.74, 6) is -0.0614. The molecule has 1 amide bonds. The van der Waals surface area contributed by atoms with E-state index in [2.05, 4.69) is 10.6 Å². The largest absolute Gasteiger partial charge is 0.494 e. The second kappa shape index (κ2) is 9.31. The van der Waals surface area contributed by atoms with Crippen molar-refractivity contribution in [2.24, 2.45) is 7.05 Å². The number of hydrogen-bond donors (Lipinski definition) is 2. The third-order valence-corrected chi connectivity index (χ3v) is 6.06. The molecule has 0 aliphatic heterocycles. The number of sulfone groups is 1. The van der Waals surface area contributed by atoms with Crippen molar-refractivity contribution in [1.82, 2.24) is 9.36 Å². The van der Waals surface area contributed by atoms with Crippen LogP contribution in [-0.4, -0.2) is 43.1 Å². The van der Waals surface area contributed by atoms with Crippen LogP contribution in [-0.2, 0) is 21.7 Å². The zero-order valence-corrected chi connectivity index (χ0v) is 19.2. The number of nitrogens with zero attached hydrogens (tertiary/aromatic N) is 2. The highest BCUT2D eigenvalue weighted by atomic mass is 32.2. The Bertz CT molecular complexity index is 1290. The third kappa shape index (κ3) is 4.86. The smallest absolute Gasteiger partial charge is 0.295 e. The lowest BCUT2D eigenvalue weighted by Crippen LogP contribution is -2.26. The summed E-state index contributed by atoms with van der Waals surface area (Å²) in [7, 11) is -1.83. The number of rotatable bonds is 8. The van der Waals surface area contributed by atoms with Crippen LogP contribution in [0, 0.1) is 6.92 Å². The number of aromatic nitrogens is 2. The summed E-state index contributed by atoms with van der Waals surface area (Å²) < 4.78 is 32.8. The van der Waals surface area contributed by atoms with Gasteiger partial charge in [0.1, 0.15) is 11.4 Å². The number of amides is 1. The number of carbonyl (C=O) groups is 1. The molecule has 0 atom stereocenters. The Labute approximate surface area is 186 Å². The molecule has 0 saturated heterocycles. The quantitative estimate of drug-likeness (QED) is 0.536. The van der Waals surface area contributed by atoms with Crippen LogP contribution in [0.3, 0.4) is 0 Å². The molecule has 0 unspecified atom stereocenters. The molecule has 0 aliphatic rings. The molecule has 10 heteroatoms. The molecule has 0 aliphatic carbocycles. The molecular weight excluding hydrogens is 432 g/mol. The fraction of sp³-hybridized carbons (Fsp3) is 0.273. The molecule has 0 bridgehead atoms. The van der Waals surface area contributed by atoms with E-state index in [0.717, 1.165) is 6.26 Å². The van der Waals surface area contributed by atoms with E-state index in [4.69, 9.17) is 4.74 Å². The number of para-hydroxylation sites is 1. The molecule has 32 heavy (non-hydrogen) atoms. The average Bonchev–Trinajstić information content (AvgIpc) is 2.96. The fourth-order valence-corrected chi connectivity index (χ4v) is 4.15. The SMILES string of the molecule is CCOc1ccc(NCC(=O)Nc2c(C)n(C)n(-c3ccccc3)c2=O)c(S(C)(=O)=O)c1. The van der Waals surface area contributed by atoms with E-state index in [1.54, 1.807) is 49.8 Å². The Morgan fingerprint density at radius 2 is 1.81 bits per heavy atom. The number of ether oxygens (including phenoxy) is 1. The normalized spacial score (nSPS) is 11.2. The number of benzene rings is 2. The van der Waals surface area contributed by atoms with Gasteiger partial charge in [-0.1, -0.05) is 18.2 Å². The topological polar surface area (TPSA) is 111 Å². The summed E-state index contributed by atoms with van der Waals surface area (Å²) in [6.45, 7) is 3.71. The summed E-state index contributed by atoms with van der Waals surface area (Å²) in [4.78, 5) is 25.5. The van der Waals surface area contributed by atoms with Crippen LogP contribution in [0.25, 0.3) is 5.69 Å². The lowest BCUT2D eigenvalue weighted by molar-refractivity contribution is -0.114. The van der Waals surface area contributed by atoms with E-state index in [1.165, 1.54) is 10.7 Å². The van der Waals surface area contributed by atoms with E-state index in [-0.39, 0.29) is 28.4 Å². The molecule has 1 aromatic heterocycles. The van der Waals surface area contributed by atoms with Crippen LogP contribution in [0.1, 0.15) is 12.6 Å². The maximum atomic E-state index is 12.9. The lowest BCUT2D eigenvalue weighted by atomic mass is 10.3. The minimum absolute atomic E-state index is 0.0265. The average molecular weight is 459 g/mol. The van der Waals surface area contributed by atoms with Gasteiger partial charge in [0.2, 0.25) is 5.91 Å². The number of carbonyl (C=O) groups excluding carboxylic acids is 1. The standard InChI is InChI=1S/C22H26N4O5S/c1-5-31-17-11-12-18(19(13-17)32(4,29)30)23-14-20(27)24-21-15(2)25(3)26(22(21)28)16-9-7-6-8-10-16/h6-13,23H,5,14H2,1-4H3,(H,24,27). The highest BCUT2D eigenvalue weighted by molar-refractivity contribution is 7.90. The molecule has 0 radical (unpaired) electrons. The third-order valence-electron chi connectivity index (χ3n) is 4.92. The molecule has 0 fully saturated rings. The van der Waals surface area contributed by atoms with E-state index in [0.29, 0.717) is 23.7 Å². The first-order chi connectivity index (χ1) is 15.1. The van der Waals surface area contributed by atoms with Crippen LogP contribution < -0.4 is 20.9 Å². The molecule has 3 aromatic rings. The van der Waals surface area contributed by atoms with Crippen molar-refractivity contribution in [3.63, 3.8) is 0 Å². The van der Waals surface area contributed by atoms with Gasteiger partial charge in [0.05, 0.1) is 35.1 Å². The van der Waals surface area contributed by atoms with E-state index < -0.39 is 15.7 Å². The maximum Gasteiger partial charge on any atom is 0.295 e. The predicted octanol–water partition coefficient (Wildman–Crippen LogP) is 2.34. The van der Waals surface area contributed by atoms with Crippen molar-refractivity contribution in [1.29, 1.82) is 0 Å². The van der Waals surface area contributed by atoms with Crippen molar-refractivity contribution >= 4 is 27.1 Å². The minimum atomic E-state index is -3.56. The molecule has 3 rings (SSSR count). The van der Waals surface area contributed by atoms with Crippen LogP contribution in [0.15, 0.2) is 58.2 Å². The number of nitrogens with one attached hydrogen (secondary N) is 2. The Morgan fingerprint density at radius 3 is 2.44 bits per heavy atom. The summed E-state index contributed by atoms with van der Waals surface area (Å²) >= 11 is 0. The molecule has 1 heterocycles. The van der Waals surface area contributed by atoms with Crippen molar-refractivity contribution in [2.45, 2.75) is 18.7 Å². The summed E-state index contributed by atoms with van der Waals surface area (Å²) in [5, 5.41) is 5.48. The first-order valence-electron chi connectivity index (χ1n) is 9.98. The van der Waals surface area contributed by atoms with Crippen molar-refractivity contribution < 1.29 is 17.9 Å². The number of anilines is 2. The Balaban J connectivity index is 1.80. The maximum absolute atomic E-state index is 12.9. The monoisotopic (exact) mass is 458 g/mol. The minimum Gasteiger partial charge on any atom is -0.494 e. The van der Waals surface area contributed by atoms with Crippen LogP contribution in [0.5, 0.6) is 5.75 Å². The van der Waals surface area contributed by atoms with Gasteiger partial charge in [0, 0.05) is 19.4 Å².